The van der Waals surface area contributed by atoms with Crippen LogP contribution in [0.3, 0.4) is 0 Å². The molecule has 1 N–H and O–H groups in total. The van der Waals surface area contributed by atoms with Crippen molar-refractivity contribution in [3.8, 4) is 5.75 Å². The number of ether oxygens (including phenoxy) is 1. The van der Waals surface area contributed by atoms with Crippen molar-refractivity contribution in [3.05, 3.63) is 65.7 Å². The highest BCUT2D eigenvalue weighted by Gasteiger charge is 2.12. The van der Waals surface area contributed by atoms with Gasteiger partial charge in [0.1, 0.15) is 12.4 Å². The summed E-state index contributed by atoms with van der Waals surface area (Å²) < 4.78 is 5.79. The lowest BCUT2D eigenvalue weighted by atomic mass is 10.1. The fourth-order valence-corrected chi connectivity index (χ4v) is 3.77. The Bertz CT molecular complexity index is 800. The van der Waals surface area contributed by atoms with Crippen molar-refractivity contribution >= 4 is 29.9 Å². The van der Waals surface area contributed by atoms with Crippen molar-refractivity contribution < 1.29 is 4.74 Å². The van der Waals surface area contributed by atoms with Crippen LogP contribution in [0, 0.1) is 0 Å². The molecular formula is C25H38IN5O. The van der Waals surface area contributed by atoms with Gasteiger partial charge in [-0.3, -0.25) is 9.89 Å². The number of nitrogens with one attached hydrogen (secondary N) is 1. The molecule has 1 saturated heterocycles. The third kappa shape index (κ3) is 8.96. The van der Waals surface area contributed by atoms with E-state index in [1.807, 2.05) is 44.4 Å². The number of likely N-dealkylation sites (N-methyl/N-ethyl adjacent to an activating group) is 2. The van der Waals surface area contributed by atoms with E-state index >= 15 is 0 Å². The molecule has 6 nitrogen and oxygen atoms in total. The molecule has 7 heteroatoms. The summed E-state index contributed by atoms with van der Waals surface area (Å²) in [5, 5.41) is 3.45. The molecule has 0 amide bonds. The average molecular weight is 552 g/mol. The van der Waals surface area contributed by atoms with E-state index in [1.54, 1.807) is 0 Å². The van der Waals surface area contributed by atoms with Crippen LogP contribution >= 0.6 is 24.0 Å². The number of hydrogen-bond donors (Lipinski definition) is 1. The lowest BCUT2D eigenvalue weighted by molar-refractivity contribution is 0.269. The van der Waals surface area contributed by atoms with Gasteiger partial charge in [-0.2, -0.15) is 0 Å². The van der Waals surface area contributed by atoms with Crippen LogP contribution < -0.4 is 10.1 Å². The van der Waals surface area contributed by atoms with Crippen LogP contribution in [-0.4, -0.2) is 81.1 Å². The van der Waals surface area contributed by atoms with E-state index < -0.39 is 0 Å². The van der Waals surface area contributed by atoms with Gasteiger partial charge >= 0.3 is 0 Å². The first-order valence-electron chi connectivity index (χ1n) is 11.2. The molecule has 32 heavy (non-hydrogen) atoms. The number of halogens is 1. The molecule has 0 aromatic heterocycles. The van der Waals surface area contributed by atoms with E-state index in [9.17, 15) is 0 Å². The summed E-state index contributed by atoms with van der Waals surface area (Å²) in [7, 11) is 6.07. The number of hydrogen-bond acceptors (Lipinski definition) is 4. The van der Waals surface area contributed by atoms with E-state index in [0.717, 1.165) is 44.4 Å². The fourth-order valence-electron chi connectivity index (χ4n) is 3.77. The third-order valence-electron chi connectivity index (χ3n) is 5.70. The highest BCUT2D eigenvalue weighted by molar-refractivity contribution is 14.0. The maximum atomic E-state index is 5.79. The molecule has 3 rings (SSSR count). The number of rotatable bonds is 8. The number of benzene rings is 2. The van der Waals surface area contributed by atoms with Gasteiger partial charge in [0, 0.05) is 40.3 Å². The van der Waals surface area contributed by atoms with Crippen LogP contribution in [0.2, 0.25) is 0 Å². The Kier molecular flexibility index (Phi) is 11.8. The Balaban J connectivity index is 0.00000363. The predicted molar refractivity (Wildman–Crippen MR) is 144 cm³/mol. The molecule has 2 aromatic carbocycles. The van der Waals surface area contributed by atoms with Gasteiger partial charge in [-0.15, -0.1) is 24.0 Å². The minimum absolute atomic E-state index is 0. The smallest absolute Gasteiger partial charge is 0.193 e. The molecule has 1 fully saturated rings. The molecule has 1 aliphatic heterocycles. The van der Waals surface area contributed by atoms with Gasteiger partial charge in [-0.05, 0) is 49.8 Å². The second-order valence-corrected chi connectivity index (χ2v) is 8.23. The first kappa shape index (κ1) is 26.4. The van der Waals surface area contributed by atoms with Gasteiger partial charge in [0.2, 0.25) is 0 Å². The summed E-state index contributed by atoms with van der Waals surface area (Å²) in [5.41, 5.74) is 2.64. The Morgan fingerprint density at radius 1 is 1.00 bits per heavy atom. The molecular weight excluding hydrogens is 513 g/mol. The molecule has 0 bridgehead atoms. The summed E-state index contributed by atoms with van der Waals surface area (Å²) >= 11 is 0. The fraction of sp³-hybridized carbons (Fsp3) is 0.480. The van der Waals surface area contributed by atoms with Crippen LogP contribution in [0.4, 0.5) is 0 Å². The lowest BCUT2D eigenvalue weighted by Crippen LogP contribution is -2.40. The molecule has 0 radical (unpaired) electrons. The number of para-hydroxylation sites is 1. The van der Waals surface area contributed by atoms with Crippen molar-refractivity contribution in [2.45, 2.75) is 19.5 Å². The lowest BCUT2D eigenvalue weighted by Gasteiger charge is -2.22. The number of guanidine groups is 1. The molecule has 0 saturated carbocycles. The summed E-state index contributed by atoms with van der Waals surface area (Å²) in [6, 6.07) is 18.9. The van der Waals surface area contributed by atoms with E-state index in [-0.39, 0.29) is 24.0 Å². The quantitative estimate of drug-likeness (QED) is 0.309. The van der Waals surface area contributed by atoms with Crippen LogP contribution in [-0.2, 0) is 13.1 Å². The van der Waals surface area contributed by atoms with Crippen LogP contribution in [0.15, 0.2) is 59.6 Å². The van der Waals surface area contributed by atoms with Crippen molar-refractivity contribution in [2.24, 2.45) is 4.99 Å². The minimum Gasteiger partial charge on any atom is -0.492 e. The molecule has 2 aromatic rings. The maximum Gasteiger partial charge on any atom is 0.193 e. The monoisotopic (exact) mass is 551 g/mol. The predicted octanol–water partition coefficient (Wildman–Crippen LogP) is 3.53. The molecule has 0 aliphatic carbocycles. The van der Waals surface area contributed by atoms with Crippen LogP contribution in [0.5, 0.6) is 5.75 Å². The van der Waals surface area contributed by atoms with Crippen LogP contribution in [0.25, 0.3) is 0 Å². The van der Waals surface area contributed by atoms with E-state index in [1.165, 1.54) is 30.6 Å². The highest BCUT2D eigenvalue weighted by Crippen LogP contribution is 2.11. The van der Waals surface area contributed by atoms with Crippen LogP contribution in [0.1, 0.15) is 17.5 Å². The zero-order valence-electron chi connectivity index (χ0n) is 19.7. The maximum absolute atomic E-state index is 5.79. The van der Waals surface area contributed by atoms with Crippen molar-refractivity contribution in [1.82, 2.24) is 20.0 Å². The molecule has 0 atom stereocenters. The van der Waals surface area contributed by atoms with Gasteiger partial charge in [0.15, 0.2) is 5.96 Å². The first-order valence-corrected chi connectivity index (χ1v) is 11.2. The summed E-state index contributed by atoms with van der Waals surface area (Å²) in [4.78, 5) is 11.5. The van der Waals surface area contributed by atoms with Crippen molar-refractivity contribution in [2.75, 3.05) is 60.5 Å². The normalized spacial score (nSPS) is 15.5. The molecule has 0 unspecified atom stereocenters. The van der Waals surface area contributed by atoms with Crippen molar-refractivity contribution in [3.63, 3.8) is 0 Å². The van der Waals surface area contributed by atoms with Gasteiger partial charge in [0.05, 0.1) is 6.54 Å². The molecule has 1 aliphatic rings. The van der Waals surface area contributed by atoms with Crippen molar-refractivity contribution in [1.29, 1.82) is 0 Å². The Morgan fingerprint density at radius 2 is 1.72 bits per heavy atom. The molecule has 1 heterocycles. The van der Waals surface area contributed by atoms with Gasteiger partial charge < -0.3 is 19.9 Å². The van der Waals surface area contributed by atoms with E-state index in [4.69, 9.17) is 4.74 Å². The third-order valence-corrected chi connectivity index (χ3v) is 5.70. The standard InChI is InChI=1S/C25H37N5O.HI/c1-26-25(29(3)18-19-31-24-8-5-4-6-9-24)27-20-22-10-12-23(13-11-22)21-30-15-7-14-28(2)16-17-30;/h4-6,8-13H,7,14-21H2,1-3H3,(H,26,27);1H. The number of nitrogens with zero attached hydrogens (tertiary/aromatic N) is 4. The largest absolute Gasteiger partial charge is 0.492 e. The SMILES string of the molecule is CN=C(NCc1ccc(CN2CCCN(C)CC2)cc1)N(C)CCOc1ccccc1.I. The topological polar surface area (TPSA) is 43.3 Å². The molecule has 0 spiro atoms. The summed E-state index contributed by atoms with van der Waals surface area (Å²) in [6.07, 6.45) is 1.25. The zero-order valence-corrected chi connectivity index (χ0v) is 22.0. The average Bonchev–Trinajstić information content (AvgIpc) is 3.00. The highest BCUT2D eigenvalue weighted by atomic mass is 127. The Hall–Kier alpha value is -1.84. The summed E-state index contributed by atoms with van der Waals surface area (Å²) in [6.45, 7) is 7.86. The van der Waals surface area contributed by atoms with E-state index in [0.29, 0.717) is 6.61 Å². The molecule has 176 valence electrons. The van der Waals surface area contributed by atoms with Gasteiger partial charge in [0.25, 0.3) is 0 Å². The zero-order chi connectivity index (χ0) is 21.9. The minimum atomic E-state index is 0. The Labute approximate surface area is 210 Å². The second-order valence-electron chi connectivity index (χ2n) is 8.23. The van der Waals surface area contributed by atoms with Gasteiger partial charge in [-0.1, -0.05) is 42.5 Å². The van der Waals surface area contributed by atoms with Gasteiger partial charge in [-0.25, -0.2) is 0 Å². The number of aliphatic imine (C=N–C) groups is 1. The van der Waals surface area contributed by atoms with E-state index in [2.05, 4.69) is 56.3 Å². The second kappa shape index (κ2) is 14.3. The first-order chi connectivity index (χ1) is 15.1. The summed E-state index contributed by atoms with van der Waals surface area (Å²) in [5.74, 6) is 1.76. The Morgan fingerprint density at radius 3 is 2.44 bits per heavy atom.